The molecule has 0 radical (unpaired) electrons. The van der Waals surface area contributed by atoms with Crippen LogP contribution in [0.15, 0.2) is 42.6 Å². The average molecular weight is 484 g/mol. The second-order valence-corrected chi connectivity index (χ2v) is 7.72. The molecule has 1 fully saturated rings. The van der Waals surface area contributed by atoms with Gasteiger partial charge in [-0.15, -0.1) is 0 Å². The Labute approximate surface area is 188 Å². The lowest BCUT2D eigenvalue weighted by Gasteiger charge is -2.34. The van der Waals surface area contributed by atoms with Crippen LogP contribution in [-0.4, -0.2) is 49.3 Å². The van der Waals surface area contributed by atoms with Gasteiger partial charge in [-0.1, -0.05) is 0 Å². The summed E-state index contributed by atoms with van der Waals surface area (Å²) in [7, 11) is 0. The number of nitrogens with zero attached hydrogens (tertiary/aromatic N) is 6. The number of fused-ring (bicyclic) bond motifs is 1. The van der Waals surface area contributed by atoms with Crippen LogP contribution in [0.5, 0.6) is 0 Å². The molecule has 4 rings (SSSR count). The summed E-state index contributed by atoms with van der Waals surface area (Å²) in [4.78, 5) is 17.8. The maximum Gasteiger partial charge on any atom is 0.434 e. The van der Waals surface area contributed by atoms with Gasteiger partial charge < -0.3 is 10.6 Å². The standard InChI is InChI=1S/C20H18F6N8/c21-19(22,23)14(28)6-12(27)11-2-1-5-33(9-11)16-3-4-29-18(32-16)13-7-31-17-8-30-15(10-34(13)17)20(24,25)26/h3-4,6-8,10-11,28H,1-2,5,9,27H2/b12-6-,28-14?. The molecule has 3 N–H and O–H groups in total. The van der Waals surface area contributed by atoms with Crippen LogP contribution >= 0.6 is 0 Å². The van der Waals surface area contributed by atoms with Crippen molar-refractivity contribution in [2.75, 3.05) is 18.0 Å². The van der Waals surface area contributed by atoms with E-state index in [1.54, 1.807) is 6.07 Å². The van der Waals surface area contributed by atoms with Crippen molar-refractivity contribution >= 4 is 17.2 Å². The average Bonchev–Trinajstić information content (AvgIpc) is 3.21. The maximum atomic E-state index is 13.1. The van der Waals surface area contributed by atoms with E-state index in [1.807, 2.05) is 4.90 Å². The fourth-order valence-electron chi connectivity index (χ4n) is 3.67. The first-order valence-corrected chi connectivity index (χ1v) is 10.0. The van der Waals surface area contributed by atoms with Gasteiger partial charge in [0.05, 0.1) is 12.4 Å². The summed E-state index contributed by atoms with van der Waals surface area (Å²) in [5.41, 5.74) is 3.59. The van der Waals surface area contributed by atoms with E-state index >= 15 is 0 Å². The minimum Gasteiger partial charge on any atom is -0.402 e. The molecule has 8 nitrogen and oxygen atoms in total. The second-order valence-electron chi connectivity index (χ2n) is 7.72. The fourth-order valence-corrected chi connectivity index (χ4v) is 3.67. The molecule has 1 saturated heterocycles. The molecule has 0 aromatic carbocycles. The number of hydrogen-bond donors (Lipinski definition) is 2. The zero-order chi connectivity index (χ0) is 24.7. The number of allylic oxidation sites excluding steroid dienone is 1. The second kappa shape index (κ2) is 8.57. The molecule has 14 heteroatoms. The van der Waals surface area contributed by atoms with Crippen LogP contribution in [0, 0.1) is 11.3 Å². The topological polar surface area (TPSA) is 109 Å². The van der Waals surface area contributed by atoms with Crippen molar-refractivity contribution in [3.05, 3.63) is 48.3 Å². The van der Waals surface area contributed by atoms with E-state index in [1.165, 1.54) is 16.8 Å². The van der Waals surface area contributed by atoms with Crippen LogP contribution in [0.25, 0.3) is 17.2 Å². The van der Waals surface area contributed by atoms with E-state index in [0.717, 1.165) is 12.4 Å². The number of alkyl halides is 6. The van der Waals surface area contributed by atoms with Crippen LogP contribution in [0.3, 0.4) is 0 Å². The number of aromatic nitrogens is 5. The fraction of sp³-hybridized carbons (Fsp3) is 0.350. The van der Waals surface area contributed by atoms with Crippen molar-refractivity contribution in [1.29, 1.82) is 5.41 Å². The summed E-state index contributed by atoms with van der Waals surface area (Å²) in [5.74, 6) is 0.133. The maximum absolute atomic E-state index is 13.1. The molecule has 0 amide bonds. The monoisotopic (exact) mass is 484 g/mol. The SMILES string of the molecule is N=C(/C=C(\N)C1CCCN(c2ccnc(-c3cnc4cnc(C(F)(F)F)cn34)n2)C1)C(F)(F)F. The van der Waals surface area contributed by atoms with Crippen LogP contribution < -0.4 is 10.6 Å². The van der Waals surface area contributed by atoms with Crippen LogP contribution in [0.1, 0.15) is 18.5 Å². The van der Waals surface area contributed by atoms with Crippen LogP contribution in [-0.2, 0) is 6.18 Å². The third-order valence-corrected chi connectivity index (χ3v) is 5.39. The molecule has 0 bridgehead atoms. The Morgan fingerprint density at radius 2 is 1.88 bits per heavy atom. The molecule has 1 aliphatic rings. The Bertz CT molecular complexity index is 1250. The number of rotatable bonds is 4. The molecular formula is C20H18F6N8. The van der Waals surface area contributed by atoms with Crippen LogP contribution in [0.4, 0.5) is 32.2 Å². The van der Waals surface area contributed by atoms with Gasteiger partial charge in [0.15, 0.2) is 17.2 Å². The lowest BCUT2D eigenvalue weighted by atomic mass is 9.94. The first-order valence-electron chi connectivity index (χ1n) is 10.0. The number of piperidine rings is 1. The van der Waals surface area contributed by atoms with Gasteiger partial charge in [-0.25, -0.2) is 19.9 Å². The summed E-state index contributed by atoms with van der Waals surface area (Å²) in [6.07, 6.45) is -3.05. The van der Waals surface area contributed by atoms with Gasteiger partial charge in [0.1, 0.15) is 17.2 Å². The van der Waals surface area contributed by atoms with Crippen molar-refractivity contribution < 1.29 is 26.3 Å². The lowest BCUT2D eigenvalue weighted by Crippen LogP contribution is -2.38. The minimum atomic E-state index is -4.78. The first-order chi connectivity index (χ1) is 15.9. The highest BCUT2D eigenvalue weighted by atomic mass is 19.4. The van der Waals surface area contributed by atoms with Gasteiger partial charge in [0.2, 0.25) is 0 Å². The largest absolute Gasteiger partial charge is 0.434 e. The predicted octanol–water partition coefficient (Wildman–Crippen LogP) is 3.85. The van der Waals surface area contributed by atoms with Gasteiger partial charge in [-0.05, 0) is 25.0 Å². The molecular weight excluding hydrogens is 466 g/mol. The Morgan fingerprint density at radius 1 is 1.12 bits per heavy atom. The van der Waals surface area contributed by atoms with Crippen molar-refractivity contribution in [1.82, 2.24) is 24.3 Å². The van der Waals surface area contributed by atoms with Gasteiger partial charge in [-0.2, -0.15) is 26.3 Å². The van der Waals surface area contributed by atoms with Gasteiger partial charge in [0.25, 0.3) is 0 Å². The quantitative estimate of drug-likeness (QED) is 0.430. The van der Waals surface area contributed by atoms with Gasteiger partial charge >= 0.3 is 12.4 Å². The highest BCUT2D eigenvalue weighted by molar-refractivity contribution is 5.97. The van der Waals surface area contributed by atoms with E-state index in [2.05, 4.69) is 19.9 Å². The number of anilines is 1. The van der Waals surface area contributed by atoms with E-state index in [0.29, 0.717) is 31.3 Å². The molecule has 1 aliphatic heterocycles. The highest BCUT2D eigenvalue weighted by Gasteiger charge is 2.34. The summed E-state index contributed by atoms with van der Waals surface area (Å²) < 4.78 is 78.5. The molecule has 1 atom stereocenters. The third kappa shape index (κ3) is 4.79. The number of halogens is 6. The zero-order valence-corrected chi connectivity index (χ0v) is 17.4. The Morgan fingerprint density at radius 3 is 2.59 bits per heavy atom. The van der Waals surface area contributed by atoms with Gasteiger partial charge in [-0.3, -0.25) is 9.81 Å². The summed E-state index contributed by atoms with van der Waals surface area (Å²) in [6, 6.07) is 1.59. The molecule has 34 heavy (non-hydrogen) atoms. The summed E-state index contributed by atoms with van der Waals surface area (Å²) in [6.45, 7) is 0.811. The van der Waals surface area contributed by atoms with E-state index < -0.39 is 29.7 Å². The molecule has 0 spiro atoms. The zero-order valence-electron chi connectivity index (χ0n) is 17.4. The minimum absolute atomic E-state index is 0.0460. The number of imidazole rings is 1. The first kappa shape index (κ1) is 23.4. The van der Waals surface area contributed by atoms with Crippen molar-refractivity contribution in [3.8, 4) is 11.5 Å². The van der Waals surface area contributed by atoms with Crippen molar-refractivity contribution in [2.24, 2.45) is 11.7 Å². The third-order valence-electron chi connectivity index (χ3n) is 5.39. The van der Waals surface area contributed by atoms with Crippen molar-refractivity contribution in [2.45, 2.75) is 25.2 Å². The number of nitrogens with one attached hydrogen (secondary N) is 1. The normalized spacial score (nSPS) is 17.9. The summed E-state index contributed by atoms with van der Waals surface area (Å²) in [5, 5.41) is 7.13. The molecule has 1 unspecified atom stereocenters. The molecule has 3 aromatic rings. The predicted molar refractivity (Wildman–Crippen MR) is 110 cm³/mol. The Hall–Kier alpha value is -3.71. The van der Waals surface area contributed by atoms with E-state index in [-0.39, 0.29) is 29.4 Å². The molecule has 4 heterocycles. The Kier molecular flexibility index (Phi) is 5.91. The number of hydrogen-bond acceptors (Lipinski definition) is 7. The summed E-state index contributed by atoms with van der Waals surface area (Å²) >= 11 is 0. The smallest absolute Gasteiger partial charge is 0.402 e. The van der Waals surface area contributed by atoms with Crippen molar-refractivity contribution in [3.63, 3.8) is 0 Å². The van der Waals surface area contributed by atoms with Crippen LogP contribution in [0.2, 0.25) is 0 Å². The van der Waals surface area contributed by atoms with E-state index in [4.69, 9.17) is 11.1 Å². The molecule has 3 aromatic heterocycles. The molecule has 0 saturated carbocycles. The van der Waals surface area contributed by atoms with E-state index in [9.17, 15) is 26.3 Å². The molecule has 180 valence electrons. The molecule has 0 aliphatic carbocycles. The van der Waals surface area contributed by atoms with Gasteiger partial charge in [0, 0.05) is 37.1 Å². The highest BCUT2D eigenvalue weighted by Crippen LogP contribution is 2.30. The number of nitrogens with two attached hydrogens (primary N) is 1. The Balaban J connectivity index is 1.61. The lowest BCUT2D eigenvalue weighted by molar-refractivity contribution is -0.141.